The summed E-state index contributed by atoms with van der Waals surface area (Å²) in [5, 5.41) is 2.97. The van der Waals surface area contributed by atoms with Crippen LogP contribution in [0.4, 0.5) is 4.79 Å². The minimum Gasteiger partial charge on any atom is -0.444 e. The maximum Gasteiger partial charge on any atom is 0.408 e. The van der Waals surface area contributed by atoms with Gasteiger partial charge >= 0.3 is 17.7 Å². The second-order valence-corrected chi connectivity index (χ2v) is 7.66. The molecule has 28 heavy (non-hydrogen) atoms. The van der Waals surface area contributed by atoms with Crippen LogP contribution in [0.1, 0.15) is 51.7 Å². The van der Waals surface area contributed by atoms with E-state index < -0.39 is 23.3 Å². The fourth-order valence-electron chi connectivity index (χ4n) is 2.73. The van der Waals surface area contributed by atoms with Crippen LogP contribution in [0.25, 0.3) is 11.0 Å². The van der Waals surface area contributed by atoms with Crippen LogP contribution in [-0.4, -0.2) is 24.2 Å². The van der Waals surface area contributed by atoms with Gasteiger partial charge in [-0.3, -0.25) is 0 Å². The van der Waals surface area contributed by atoms with E-state index in [4.69, 9.17) is 13.9 Å². The molecule has 7 heteroatoms. The fraction of sp³-hybridized carbons (Fsp3) is 0.476. The van der Waals surface area contributed by atoms with Gasteiger partial charge in [0.1, 0.15) is 23.5 Å². The van der Waals surface area contributed by atoms with Gasteiger partial charge in [-0.25, -0.2) is 14.4 Å². The molecular weight excluding hydrogens is 362 g/mol. The van der Waals surface area contributed by atoms with E-state index in [0.29, 0.717) is 23.1 Å². The Labute approximate surface area is 164 Å². The van der Waals surface area contributed by atoms with Crippen LogP contribution in [0.3, 0.4) is 0 Å². The number of carbonyl (C=O) groups is 2. The molecule has 1 aromatic carbocycles. The van der Waals surface area contributed by atoms with Gasteiger partial charge < -0.3 is 19.2 Å². The average molecular weight is 389 g/mol. The molecule has 0 aliphatic rings. The number of rotatable bonds is 6. The third-order valence-electron chi connectivity index (χ3n) is 3.83. The van der Waals surface area contributed by atoms with Gasteiger partial charge in [0.25, 0.3) is 0 Å². The normalized spacial score (nSPS) is 11.3. The van der Waals surface area contributed by atoms with Crippen LogP contribution < -0.4 is 15.7 Å². The number of hydrogen-bond donors (Lipinski definition) is 1. The molecule has 0 saturated heterocycles. The van der Waals surface area contributed by atoms with Crippen LogP contribution in [0.2, 0.25) is 0 Å². The Morgan fingerprint density at radius 3 is 2.54 bits per heavy atom. The smallest absolute Gasteiger partial charge is 0.408 e. The minimum atomic E-state index is -0.701. The quantitative estimate of drug-likeness (QED) is 0.458. The molecule has 1 heterocycles. The number of aryl methyl sites for hydroxylation is 2. The standard InChI is InChI=1S/C21H27NO6/c1-6-7-8-14-11-17(23)26-15-9-13(2)10-16(19(14)15)27-18(24)12-22-20(25)28-21(3,4)5/h9-11H,6-8,12H2,1-5H3,(H,22,25). The van der Waals surface area contributed by atoms with Crippen LogP contribution in [0.5, 0.6) is 5.75 Å². The first-order valence-corrected chi connectivity index (χ1v) is 9.34. The predicted molar refractivity (Wildman–Crippen MR) is 106 cm³/mol. The summed E-state index contributed by atoms with van der Waals surface area (Å²) in [6, 6.07) is 4.88. The molecule has 0 atom stereocenters. The molecule has 2 aromatic rings. The number of ether oxygens (including phenoxy) is 2. The van der Waals surface area contributed by atoms with Crippen LogP contribution >= 0.6 is 0 Å². The molecular formula is C21H27NO6. The number of unbranched alkanes of at least 4 members (excludes halogenated alkanes) is 1. The number of benzene rings is 1. The van der Waals surface area contributed by atoms with Crippen molar-refractivity contribution in [2.75, 3.05) is 6.54 Å². The Morgan fingerprint density at radius 2 is 1.89 bits per heavy atom. The highest BCUT2D eigenvalue weighted by Gasteiger charge is 2.19. The van der Waals surface area contributed by atoms with Gasteiger partial charge in [0.05, 0.1) is 5.39 Å². The second-order valence-electron chi connectivity index (χ2n) is 7.66. The lowest BCUT2D eigenvalue weighted by atomic mass is 10.0. The lowest BCUT2D eigenvalue weighted by Crippen LogP contribution is -2.36. The minimum absolute atomic E-state index is 0.306. The second kappa shape index (κ2) is 8.91. The van der Waals surface area contributed by atoms with Crippen LogP contribution in [0, 0.1) is 6.92 Å². The summed E-state index contributed by atoms with van der Waals surface area (Å²) in [4.78, 5) is 35.8. The molecule has 0 unspecified atom stereocenters. The summed E-state index contributed by atoms with van der Waals surface area (Å²) in [6.07, 6.45) is 1.82. The number of esters is 1. The molecule has 0 spiro atoms. The molecule has 0 aliphatic carbocycles. The lowest BCUT2D eigenvalue weighted by Gasteiger charge is -2.19. The summed E-state index contributed by atoms with van der Waals surface area (Å²) in [5.41, 5.74) is 0.837. The monoisotopic (exact) mass is 389 g/mol. The van der Waals surface area contributed by atoms with E-state index in [1.807, 2.05) is 6.92 Å². The molecule has 0 radical (unpaired) electrons. The van der Waals surface area contributed by atoms with E-state index >= 15 is 0 Å². The van der Waals surface area contributed by atoms with Crippen molar-refractivity contribution in [1.82, 2.24) is 5.32 Å². The number of fused-ring (bicyclic) bond motifs is 1. The Balaban J connectivity index is 2.24. The van der Waals surface area contributed by atoms with Gasteiger partial charge in [-0.1, -0.05) is 13.3 Å². The highest BCUT2D eigenvalue weighted by molar-refractivity contribution is 5.90. The topological polar surface area (TPSA) is 94.8 Å². The van der Waals surface area contributed by atoms with E-state index in [1.165, 1.54) is 6.07 Å². The van der Waals surface area contributed by atoms with E-state index in [0.717, 1.165) is 24.0 Å². The maximum atomic E-state index is 12.2. The zero-order chi connectivity index (χ0) is 20.9. The van der Waals surface area contributed by atoms with Crippen LogP contribution in [0.15, 0.2) is 27.4 Å². The van der Waals surface area contributed by atoms with Crippen LogP contribution in [-0.2, 0) is 16.0 Å². The van der Waals surface area contributed by atoms with Crippen molar-refractivity contribution in [3.05, 3.63) is 39.7 Å². The van der Waals surface area contributed by atoms with Crippen molar-refractivity contribution in [2.45, 2.75) is 59.5 Å². The molecule has 0 aliphatic heterocycles. The summed E-state index contributed by atoms with van der Waals surface area (Å²) in [5.74, 6) is -0.341. The van der Waals surface area contributed by atoms with Crippen molar-refractivity contribution >= 4 is 23.0 Å². The van der Waals surface area contributed by atoms with E-state index in [-0.39, 0.29) is 6.54 Å². The summed E-state index contributed by atoms with van der Waals surface area (Å²) in [6.45, 7) is 8.72. The molecule has 2 rings (SSSR count). The number of amides is 1. The third kappa shape index (κ3) is 6.11. The predicted octanol–water partition coefficient (Wildman–Crippen LogP) is 3.87. The van der Waals surface area contributed by atoms with E-state index in [2.05, 4.69) is 12.2 Å². The molecule has 1 aromatic heterocycles. The first kappa shape index (κ1) is 21.5. The number of hydrogen-bond acceptors (Lipinski definition) is 6. The van der Waals surface area contributed by atoms with Gasteiger partial charge in [-0.2, -0.15) is 0 Å². The Hall–Kier alpha value is -2.83. The molecule has 152 valence electrons. The highest BCUT2D eigenvalue weighted by atomic mass is 16.6. The molecule has 7 nitrogen and oxygen atoms in total. The van der Waals surface area contributed by atoms with Crippen molar-refractivity contribution in [3.63, 3.8) is 0 Å². The summed E-state index contributed by atoms with van der Waals surface area (Å²) < 4.78 is 15.9. The van der Waals surface area contributed by atoms with Gasteiger partial charge in [0.15, 0.2) is 0 Å². The SMILES string of the molecule is CCCCc1cc(=O)oc2cc(C)cc(OC(=O)CNC(=O)OC(C)(C)C)c12. The maximum absolute atomic E-state index is 12.2. The van der Waals surface area contributed by atoms with Gasteiger partial charge in [-0.15, -0.1) is 0 Å². The fourth-order valence-corrected chi connectivity index (χ4v) is 2.73. The molecule has 0 bridgehead atoms. The highest BCUT2D eigenvalue weighted by Crippen LogP contribution is 2.30. The first-order valence-electron chi connectivity index (χ1n) is 9.34. The third-order valence-corrected chi connectivity index (χ3v) is 3.83. The van der Waals surface area contributed by atoms with Crippen molar-refractivity contribution in [1.29, 1.82) is 0 Å². The Kier molecular flexibility index (Phi) is 6.83. The van der Waals surface area contributed by atoms with Gasteiger partial charge in [0, 0.05) is 6.07 Å². The van der Waals surface area contributed by atoms with Crippen molar-refractivity contribution in [3.8, 4) is 5.75 Å². The Bertz CT molecular complexity index is 923. The van der Waals surface area contributed by atoms with Crippen molar-refractivity contribution in [2.24, 2.45) is 0 Å². The number of nitrogens with one attached hydrogen (secondary N) is 1. The zero-order valence-electron chi connectivity index (χ0n) is 17.0. The molecule has 0 saturated carbocycles. The van der Waals surface area contributed by atoms with Gasteiger partial charge in [0.2, 0.25) is 0 Å². The largest absolute Gasteiger partial charge is 0.444 e. The van der Waals surface area contributed by atoms with Crippen molar-refractivity contribution < 1.29 is 23.5 Å². The van der Waals surface area contributed by atoms with E-state index in [1.54, 1.807) is 32.9 Å². The Morgan fingerprint density at radius 1 is 1.18 bits per heavy atom. The molecule has 1 N–H and O–H groups in total. The van der Waals surface area contributed by atoms with E-state index in [9.17, 15) is 14.4 Å². The zero-order valence-corrected chi connectivity index (χ0v) is 17.0. The summed E-state index contributed by atoms with van der Waals surface area (Å²) in [7, 11) is 0. The number of alkyl carbamates (subject to hydrolysis) is 1. The molecule has 1 amide bonds. The lowest BCUT2D eigenvalue weighted by molar-refractivity contribution is -0.133. The summed E-state index contributed by atoms with van der Waals surface area (Å²) >= 11 is 0. The molecule has 0 fully saturated rings. The number of carbonyl (C=O) groups excluding carboxylic acids is 2. The first-order chi connectivity index (χ1) is 13.1. The average Bonchev–Trinajstić information content (AvgIpc) is 2.55. The van der Waals surface area contributed by atoms with Gasteiger partial charge in [-0.05, 0) is 63.8 Å².